The summed E-state index contributed by atoms with van der Waals surface area (Å²) in [5.74, 6) is 0.694. The van der Waals surface area contributed by atoms with Gasteiger partial charge >= 0.3 is 0 Å². The minimum absolute atomic E-state index is 0.0367. The fraction of sp³-hybridized carbons (Fsp3) is 0.400. The van der Waals surface area contributed by atoms with E-state index in [1.807, 2.05) is 34.3 Å². The van der Waals surface area contributed by atoms with E-state index in [9.17, 15) is 4.79 Å². The van der Waals surface area contributed by atoms with Gasteiger partial charge in [-0.05, 0) is 40.3 Å². The predicted molar refractivity (Wildman–Crippen MR) is 111 cm³/mol. The van der Waals surface area contributed by atoms with Crippen molar-refractivity contribution in [3.63, 3.8) is 0 Å². The van der Waals surface area contributed by atoms with E-state index < -0.39 is 0 Å². The summed E-state index contributed by atoms with van der Waals surface area (Å²) in [5.41, 5.74) is 1.09. The normalized spacial score (nSPS) is 15.6. The minimum Gasteiger partial charge on any atom is -0.344 e. The maximum atomic E-state index is 12.6. The number of aromatic nitrogens is 4. The van der Waals surface area contributed by atoms with Crippen LogP contribution in [0.15, 0.2) is 53.0 Å². The third kappa shape index (κ3) is 4.62. The Morgan fingerprint density at radius 1 is 1.21 bits per heavy atom. The van der Waals surface area contributed by atoms with Gasteiger partial charge in [-0.2, -0.15) is 0 Å². The summed E-state index contributed by atoms with van der Waals surface area (Å²) in [6.07, 6.45) is 5.18. The number of rotatable bonds is 8. The molecule has 1 aliphatic rings. The number of tetrazole rings is 1. The smallest absolute Gasteiger partial charge is 0.221 e. The Morgan fingerprint density at radius 2 is 2.04 bits per heavy atom. The van der Waals surface area contributed by atoms with Crippen molar-refractivity contribution in [2.24, 2.45) is 0 Å². The summed E-state index contributed by atoms with van der Waals surface area (Å²) in [7, 11) is 0. The molecule has 2 aromatic heterocycles. The zero-order chi connectivity index (χ0) is 19.2. The van der Waals surface area contributed by atoms with Gasteiger partial charge in [-0.25, -0.2) is 4.68 Å². The molecular weight excluding hydrogens is 390 g/mol. The second kappa shape index (κ2) is 9.34. The molecule has 1 atom stereocenters. The molecule has 4 rings (SSSR count). The first-order valence-corrected chi connectivity index (χ1v) is 11.5. The van der Waals surface area contributed by atoms with Gasteiger partial charge in [0.1, 0.15) is 0 Å². The topological polar surface area (TPSA) is 72.7 Å². The molecule has 6 nitrogen and oxygen atoms in total. The Morgan fingerprint density at radius 3 is 2.79 bits per heavy atom. The second-order valence-electron chi connectivity index (χ2n) is 6.87. The van der Waals surface area contributed by atoms with E-state index in [0.717, 1.165) is 28.4 Å². The molecular formula is C20H23N5OS2. The maximum Gasteiger partial charge on any atom is 0.221 e. The molecule has 1 fully saturated rings. The van der Waals surface area contributed by atoms with Crippen LogP contribution in [0.3, 0.4) is 0 Å². The summed E-state index contributed by atoms with van der Waals surface area (Å²) < 4.78 is 1.94. The largest absolute Gasteiger partial charge is 0.344 e. The summed E-state index contributed by atoms with van der Waals surface area (Å²) in [6.45, 7) is 0. The van der Waals surface area contributed by atoms with Crippen molar-refractivity contribution in [3.8, 4) is 0 Å². The monoisotopic (exact) mass is 413 g/mol. The molecule has 1 amide bonds. The SMILES string of the molecule is O=C(CCSc1nnnn1C1CCCC1)NC(c1ccccc1)c1cccs1. The molecule has 0 saturated heterocycles. The molecule has 8 heteroatoms. The van der Waals surface area contributed by atoms with Crippen LogP contribution >= 0.6 is 23.1 Å². The first-order valence-electron chi connectivity index (χ1n) is 9.59. The van der Waals surface area contributed by atoms with Gasteiger partial charge in [0.15, 0.2) is 0 Å². The van der Waals surface area contributed by atoms with E-state index in [4.69, 9.17) is 0 Å². The highest BCUT2D eigenvalue weighted by Crippen LogP contribution is 2.31. The number of amides is 1. The molecule has 0 aliphatic heterocycles. The number of carbonyl (C=O) groups excluding carboxylic acids is 1. The summed E-state index contributed by atoms with van der Waals surface area (Å²) in [6, 6.07) is 14.5. The predicted octanol–water partition coefficient (Wildman–Crippen LogP) is 4.24. The van der Waals surface area contributed by atoms with Crippen LogP contribution < -0.4 is 5.32 Å². The van der Waals surface area contributed by atoms with Crippen LogP contribution in [0.25, 0.3) is 0 Å². The summed E-state index contributed by atoms with van der Waals surface area (Å²) in [5, 5.41) is 18.2. The van der Waals surface area contributed by atoms with Crippen LogP contribution in [0.5, 0.6) is 0 Å². The van der Waals surface area contributed by atoms with Gasteiger partial charge in [0.2, 0.25) is 11.1 Å². The Bertz CT molecular complexity index is 875. The Balaban J connectivity index is 1.34. The third-order valence-corrected chi connectivity index (χ3v) is 6.83. The van der Waals surface area contributed by atoms with Gasteiger partial charge in [-0.3, -0.25) is 4.79 Å². The van der Waals surface area contributed by atoms with Crippen molar-refractivity contribution in [2.75, 3.05) is 5.75 Å². The first kappa shape index (κ1) is 19.1. The minimum atomic E-state index is -0.109. The molecule has 1 unspecified atom stereocenters. The molecule has 0 spiro atoms. The average molecular weight is 414 g/mol. The van der Waals surface area contributed by atoms with Gasteiger partial charge in [-0.1, -0.05) is 61.0 Å². The molecule has 1 aromatic carbocycles. The van der Waals surface area contributed by atoms with E-state index in [1.54, 1.807) is 23.1 Å². The number of carbonyl (C=O) groups is 1. The second-order valence-corrected chi connectivity index (χ2v) is 8.91. The van der Waals surface area contributed by atoms with Gasteiger partial charge in [-0.15, -0.1) is 16.4 Å². The average Bonchev–Trinajstić information content (AvgIpc) is 3.49. The molecule has 1 aliphatic carbocycles. The maximum absolute atomic E-state index is 12.6. The lowest BCUT2D eigenvalue weighted by molar-refractivity contribution is -0.121. The van der Waals surface area contributed by atoms with Crippen LogP contribution in [-0.2, 0) is 4.79 Å². The van der Waals surface area contributed by atoms with Crippen LogP contribution in [-0.4, -0.2) is 31.9 Å². The van der Waals surface area contributed by atoms with E-state index in [0.29, 0.717) is 18.2 Å². The number of nitrogens with zero attached hydrogens (tertiary/aromatic N) is 4. The van der Waals surface area contributed by atoms with Crippen molar-refractivity contribution in [2.45, 2.75) is 49.3 Å². The number of hydrogen-bond donors (Lipinski definition) is 1. The van der Waals surface area contributed by atoms with Crippen molar-refractivity contribution >= 4 is 29.0 Å². The Labute approximate surface area is 172 Å². The Kier molecular flexibility index (Phi) is 6.38. The lowest BCUT2D eigenvalue weighted by Crippen LogP contribution is -2.29. The van der Waals surface area contributed by atoms with Crippen molar-refractivity contribution < 1.29 is 4.79 Å². The molecule has 0 radical (unpaired) electrons. The number of benzene rings is 1. The number of thiophene rings is 1. The quantitative estimate of drug-likeness (QED) is 0.559. The van der Waals surface area contributed by atoms with Crippen molar-refractivity contribution in [1.29, 1.82) is 0 Å². The lowest BCUT2D eigenvalue weighted by atomic mass is 10.1. The van der Waals surface area contributed by atoms with Gasteiger partial charge in [0.25, 0.3) is 0 Å². The van der Waals surface area contributed by atoms with Gasteiger partial charge in [0.05, 0.1) is 12.1 Å². The van der Waals surface area contributed by atoms with Crippen molar-refractivity contribution in [1.82, 2.24) is 25.5 Å². The third-order valence-electron chi connectivity index (χ3n) is 4.96. The van der Waals surface area contributed by atoms with Crippen LogP contribution in [0.1, 0.15) is 54.6 Å². The molecule has 3 aromatic rings. The number of thioether (sulfide) groups is 1. The highest BCUT2D eigenvalue weighted by molar-refractivity contribution is 7.99. The molecule has 1 saturated carbocycles. The molecule has 0 bridgehead atoms. The van der Waals surface area contributed by atoms with Crippen molar-refractivity contribution in [3.05, 3.63) is 58.3 Å². The standard InChI is InChI=1S/C20H23N5OS2/c26-18(12-14-28-20-22-23-24-25(20)16-9-4-5-10-16)21-19(17-11-6-13-27-17)15-7-2-1-3-8-15/h1-3,6-8,11,13,16,19H,4-5,9-10,12,14H2,(H,21,26). The zero-order valence-electron chi connectivity index (χ0n) is 15.5. The fourth-order valence-corrected chi connectivity index (χ4v) is 5.23. The van der Waals surface area contributed by atoms with E-state index in [-0.39, 0.29) is 11.9 Å². The van der Waals surface area contributed by atoms with Gasteiger partial charge in [0, 0.05) is 17.1 Å². The number of hydrogen-bond acceptors (Lipinski definition) is 6. The zero-order valence-corrected chi connectivity index (χ0v) is 17.2. The molecule has 146 valence electrons. The highest BCUT2D eigenvalue weighted by Gasteiger charge is 2.22. The Hall–Kier alpha value is -2.19. The summed E-state index contributed by atoms with van der Waals surface area (Å²) in [4.78, 5) is 13.7. The number of nitrogens with one attached hydrogen (secondary N) is 1. The highest BCUT2D eigenvalue weighted by atomic mass is 32.2. The first-order chi connectivity index (χ1) is 13.8. The molecule has 28 heavy (non-hydrogen) atoms. The van der Waals surface area contributed by atoms with Crippen LogP contribution in [0.4, 0.5) is 0 Å². The molecule has 1 N–H and O–H groups in total. The lowest BCUT2D eigenvalue weighted by Gasteiger charge is -2.18. The van der Waals surface area contributed by atoms with E-state index >= 15 is 0 Å². The van der Waals surface area contributed by atoms with E-state index in [2.05, 4.69) is 39.0 Å². The van der Waals surface area contributed by atoms with Crippen LogP contribution in [0.2, 0.25) is 0 Å². The van der Waals surface area contributed by atoms with E-state index in [1.165, 1.54) is 12.8 Å². The molecule has 2 heterocycles. The van der Waals surface area contributed by atoms with Gasteiger partial charge < -0.3 is 5.32 Å². The van der Waals surface area contributed by atoms with Crippen LogP contribution in [0, 0.1) is 0 Å². The fourth-order valence-electron chi connectivity index (χ4n) is 3.55. The summed E-state index contributed by atoms with van der Waals surface area (Å²) >= 11 is 3.21.